The maximum Gasteiger partial charge on any atom is 0.418 e. The van der Waals surface area contributed by atoms with Gasteiger partial charge in [0.25, 0.3) is 0 Å². The Hall–Kier alpha value is -4.10. The molecule has 0 N–H and O–H groups in total. The number of alkyl halides is 3. The Kier molecular flexibility index (Phi) is 6.95. The lowest BCUT2D eigenvalue weighted by atomic mass is 10.0. The molecule has 0 bridgehead atoms. The van der Waals surface area contributed by atoms with Crippen LogP contribution in [0.3, 0.4) is 0 Å². The highest BCUT2D eigenvalue weighted by molar-refractivity contribution is 9.10. The zero-order chi connectivity index (χ0) is 27.9. The van der Waals surface area contributed by atoms with Gasteiger partial charge in [-0.1, -0.05) is 36.1 Å². The van der Waals surface area contributed by atoms with E-state index in [-0.39, 0.29) is 11.1 Å². The second kappa shape index (κ2) is 10.2. The molecule has 39 heavy (non-hydrogen) atoms. The first kappa shape index (κ1) is 26.5. The molecule has 5 aromatic rings. The van der Waals surface area contributed by atoms with Crippen LogP contribution in [0.4, 0.5) is 30.7 Å². The van der Waals surface area contributed by atoms with Gasteiger partial charge in [0.2, 0.25) is 0 Å². The lowest BCUT2D eigenvalue weighted by Crippen LogP contribution is -2.09. The van der Waals surface area contributed by atoms with E-state index in [9.17, 15) is 30.7 Å². The first-order chi connectivity index (χ1) is 18.5. The molecule has 196 valence electrons. The van der Waals surface area contributed by atoms with Gasteiger partial charge < -0.3 is 0 Å². The van der Waals surface area contributed by atoms with Crippen molar-refractivity contribution in [1.29, 1.82) is 0 Å². The summed E-state index contributed by atoms with van der Waals surface area (Å²) in [4.78, 5) is 0. The Bertz CT molecular complexity index is 1770. The monoisotopic (exact) mass is 602 g/mol. The van der Waals surface area contributed by atoms with Gasteiger partial charge in [-0.25, -0.2) is 17.6 Å². The zero-order valence-corrected chi connectivity index (χ0v) is 21.1. The molecular weight excluding hydrogens is 589 g/mol. The number of aromatic nitrogens is 2. The van der Waals surface area contributed by atoms with Crippen molar-refractivity contribution in [3.8, 4) is 23.1 Å². The number of halogens is 8. The highest BCUT2D eigenvalue weighted by atomic mass is 79.9. The highest BCUT2D eigenvalue weighted by Gasteiger charge is 2.34. The van der Waals surface area contributed by atoms with E-state index in [1.165, 1.54) is 30.3 Å². The lowest BCUT2D eigenvalue weighted by Gasteiger charge is -2.11. The molecule has 0 atom stereocenters. The summed E-state index contributed by atoms with van der Waals surface area (Å²) in [5, 5.41) is 4.17. The van der Waals surface area contributed by atoms with Gasteiger partial charge in [0, 0.05) is 44.2 Å². The van der Waals surface area contributed by atoms with E-state index < -0.39 is 52.6 Å². The Morgan fingerprint density at radius 1 is 0.795 bits per heavy atom. The van der Waals surface area contributed by atoms with Gasteiger partial charge in [-0.15, -0.1) is 0 Å². The molecule has 4 aromatic carbocycles. The van der Waals surface area contributed by atoms with Crippen LogP contribution >= 0.6 is 15.9 Å². The molecule has 10 heteroatoms. The first-order valence-corrected chi connectivity index (χ1v) is 12.1. The molecule has 0 saturated carbocycles. The molecular formula is C29H14BrF7N2. The van der Waals surface area contributed by atoms with Crippen LogP contribution in [-0.4, -0.2) is 9.78 Å². The lowest BCUT2D eigenvalue weighted by molar-refractivity contribution is -0.136. The van der Waals surface area contributed by atoms with Crippen LogP contribution in [0.1, 0.15) is 22.3 Å². The van der Waals surface area contributed by atoms with Crippen molar-refractivity contribution < 1.29 is 30.7 Å². The molecule has 0 unspecified atom stereocenters. The van der Waals surface area contributed by atoms with Gasteiger partial charge in [0.1, 0.15) is 28.8 Å². The van der Waals surface area contributed by atoms with E-state index in [1.54, 1.807) is 24.3 Å². The Labute approximate surface area is 225 Å². The third-order valence-electron chi connectivity index (χ3n) is 5.89. The van der Waals surface area contributed by atoms with E-state index in [0.717, 1.165) is 10.7 Å². The molecule has 1 aromatic heterocycles. The largest absolute Gasteiger partial charge is 0.418 e. The summed E-state index contributed by atoms with van der Waals surface area (Å²) in [6.45, 7) is -0.606. The smallest absolute Gasteiger partial charge is 0.259 e. The minimum Gasteiger partial charge on any atom is -0.259 e. The fraction of sp³-hybridized carbons (Fsp3) is 0.0690. The molecule has 2 nitrogen and oxygen atoms in total. The predicted octanol–water partition coefficient (Wildman–Crippen LogP) is 8.49. The summed E-state index contributed by atoms with van der Waals surface area (Å²) < 4.78 is 99.1. The van der Waals surface area contributed by atoms with Crippen LogP contribution in [0.2, 0.25) is 0 Å². The van der Waals surface area contributed by atoms with E-state index in [4.69, 9.17) is 0 Å². The SMILES string of the molecule is Fc1cc(F)c(Cn2nc3c(C(F)(F)F)cccc3c2-c2cccc(C#Cc3cc(F)ccc3Br)c2)c(F)c1. The topological polar surface area (TPSA) is 17.8 Å². The second-order valence-corrected chi connectivity index (χ2v) is 9.36. The standard InChI is InChI=1S/C29H14BrF7N2/c30-24-10-9-19(31)12-17(24)8-7-16-3-1-4-18(11-16)28-21-5-2-6-23(29(35,36)37)27(21)38-39(28)15-22-25(33)13-20(32)14-26(22)34/h1-6,9-14H,15H2. The molecule has 0 fully saturated rings. The number of nitrogens with zero attached hydrogens (tertiary/aromatic N) is 2. The van der Waals surface area contributed by atoms with Crippen molar-refractivity contribution in [2.24, 2.45) is 0 Å². The normalized spacial score (nSPS) is 11.5. The Balaban J connectivity index is 1.69. The van der Waals surface area contributed by atoms with Crippen LogP contribution in [-0.2, 0) is 12.7 Å². The maximum atomic E-state index is 14.5. The van der Waals surface area contributed by atoms with Crippen LogP contribution < -0.4 is 0 Å². The van der Waals surface area contributed by atoms with Gasteiger partial charge in [-0.2, -0.15) is 18.3 Å². The Morgan fingerprint density at radius 3 is 2.23 bits per heavy atom. The summed E-state index contributed by atoms with van der Waals surface area (Å²) in [7, 11) is 0. The minimum absolute atomic E-state index is 0.0886. The summed E-state index contributed by atoms with van der Waals surface area (Å²) in [5.41, 5.74) is -0.663. The maximum absolute atomic E-state index is 14.5. The summed E-state index contributed by atoms with van der Waals surface area (Å²) >= 11 is 3.30. The second-order valence-electron chi connectivity index (χ2n) is 8.51. The van der Waals surface area contributed by atoms with E-state index in [2.05, 4.69) is 32.9 Å². The molecule has 0 radical (unpaired) electrons. The Morgan fingerprint density at radius 2 is 1.51 bits per heavy atom. The molecule has 0 aliphatic rings. The van der Waals surface area contributed by atoms with Gasteiger partial charge in [0.05, 0.1) is 17.8 Å². The average molecular weight is 603 g/mol. The highest BCUT2D eigenvalue weighted by Crippen LogP contribution is 2.38. The number of hydrogen-bond acceptors (Lipinski definition) is 1. The summed E-state index contributed by atoms with van der Waals surface area (Å²) in [5.74, 6) is 1.72. The van der Waals surface area contributed by atoms with Crippen LogP contribution in [0, 0.1) is 35.1 Å². The number of hydrogen-bond donors (Lipinski definition) is 0. The quantitative estimate of drug-likeness (QED) is 0.150. The zero-order valence-electron chi connectivity index (χ0n) is 19.6. The van der Waals surface area contributed by atoms with Crippen molar-refractivity contribution in [1.82, 2.24) is 9.78 Å². The summed E-state index contributed by atoms with van der Waals surface area (Å²) in [6.07, 6.45) is -4.74. The third kappa shape index (κ3) is 5.40. The van der Waals surface area contributed by atoms with Crippen molar-refractivity contribution in [3.63, 3.8) is 0 Å². The van der Waals surface area contributed by atoms with Gasteiger partial charge in [0.15, 0.2) is 0 Å². The number of benzene rings is 4. The molecule has 0 aliphatic carbocycles. The van der Waals surface area contributed by atoms with Crippen LogP contribution in [0.5, 0.6) is 0 Å². The predicted molar refractivity (Wildman–Crippen MR) is 136 cm³/mol. The van der Waals surface area contributed by atoms with E-state index >= 15 is 0 Å². The van der Waals surface area contributed by atoms with Crippen molar-refractivity contribution in [2.75, 3.05) is 0 Å². The van der Waals surface area contributed by atoms with E-state index in [1.807, 2.05) is 0 Å². The average Bonchev–Trinajstić information content (AvgIpc) is 3.24. The van der Waals surface area contributed by atoms with E-state index in [0.29, 0.717) is 33.3 Å². The van der Waals surface area contributed by atoms with Crippen molar-refractivity contribution in [3.05, 3.63) is 123 Å². The fourth-order valence-corrected chi connectivity index (χ4v) is 4.50. The van der Waals surface area contributed by atoms with Crippen molar-refractivity contribution in [2.45, 2.75) is 12.7 Å². The molecule has 1 heterocycles. The molecule has 0 saturated heterocycles. The summed E-state index contributed by atoms with van der Waals surface area (Å²) in [6, 6.07) is 14.9. The van der Waals surface area contributed by atoms with Gasteiger partial charge >= 0.3 is 6.18 Å². The fourth-order valence-electron chi connectivity index (χ4n) is 4.15. The van der Waals surface area contributed by atoms with Crippen LogP contribution in [0.15, 0.2) is 77.3 Å². The minimum atomic E-state index is -4.74. The van der Waals surface area contributed by atoms with Gasteiger partial charge in [-0.05, 0) is 52.3 Å². The molecule has 0 amide bonds. The first-order valence-electron chi connectivity index (χ1n) is 11.3. The molecule has 0 aliphatic heterocycles. The molecule has 5 rings (SSSR count). The van der Waals surface area contributed by atoms with Crippen molar-refractivity contribution >= 4 is 26.8 Å². The van der Waals surface area contributed by atoms with Gasteiger partial charge in [-0.3, -0.25) is 4.68 Å². The number of fused-ring (bicyclic) bond motifs is 1. The van der Waals surface area contributed by atoms with Crippen LogP contribution in [0.25, 0.3) is 22.2 Å². The molecule has 0 spiro atoms. The third-order valence-corrected chi connectivity index (χ3v) is 6.59. The number of rotatable bonds is 3.